The van der Waals surface area contributed by atoms with Crippen LogP contribution in [0.15, 0.2) is 0 Å². The molecule has 0 N–H and O–H groups in total. The van der Waals surface area contributed by atoms with Gasteiger partial charge in [-0.15, -0.1) is 0 Å². The van der Waals surface area contributed by atoms with Gasteiger partial charge in [0.2, 0.25) is 0 Å². The van der Waals surface area contributed by atoms with E-state index in [9.17, 15) is 0 Å². The highest BCUT2D eigenvalue weighted by molar-refractivity contribution is 4.96. The van der Waals surface area contributed by atoms with Crippen molar-refractivity contribution in [2.75, 3.05) is 13.1 Å². The first-order chi connectivity index (χ1) is 5.79. The van der Waals surface area contributed by atoms with Crippen molar-refractivity contribution in [3.05, 3.63) is 0 Å². The lowest BCUT2D eigenvalue weighted by molar-refractivity contribution is 0.252. The average Bonchev–Trinajstić information content (AvgIpc) is 2.43. The van der Waals surface area contributed by atoms with Crippen LogP contribution in [0.5, 0.6) is 0 Å². The molecule has 2 unspecified atom stereocenters. The molecule has 1 aliphatic heterocycles. The van der Waals surface area contributed by atoms with Crippen molar-refractivity contribution < 1.29 is 0 Å². The van der Waals surface area contributed by atoms with Gasteiger partial charge in [0.25, 0.3) is 0 Å². The third-order valence-electron chi connectivity index (χ3n) is 2.85. The Balaban J connectivity index is 2.34. The quantitative estimate of drug-likeness (QED) is 0.641. The van der Waals surface area contributed by atoms with E-state index >= 15 is 0 Å². The van der Waals surface area contributed by atoms with Gasteiger partial charge in [-0.1, -0.05) is 13.3 Å². The molecule has 0 aromatic heterocycles. The van der Waals surface area contributed by atoms with Gasteiger partial charge in [0, 0.05) is 6.04 Å². The normalized spacial score (nSPS) is 30.4. The molecule has 0 amide bonds. The van der Waals surface area contributed by atoms with Crippen molar-refractivity contribution in [3.8, 4) is 6.07 Å². The molecule has 68 valence electrons. The highest BCUT2D eigenvalue weighted by atomic mass is 15.2. The first kappa shape index (κ1) is 9.54. The van der Waals surface area contributed by atoms with E-state index in [1.165, 1.54) is 19.4 Å². The Labute approximate surface area is 75.2 Å². The van der Waals surface area contributed by atoms with Gasteiger partial charge in [0.15, 0.2) is 0 Å². The van der Waals surface area contributed by atoms with Crippen molar-refractivity contribution in [1.29, 1.82) is 5.26 Å². The molecule has 2 nitrogen and oxygen atoms in total. The maximum atomic E-state index is 8.80. The zero-order valence-corrected chi connectivity index (χ0v) is 8.08. The lowest BCUT2D eigenvalue weighted by Crippen LogP contribution is -2.30. The zero-order valence-electron chi connectivity index (χ0n) is 8.08. The largest absolute Gasteiger partial charge is 0.299 e. The van der Waals surface area contributed by atoms with Crippen LogP contribution in [0.3, 0.4) is 0 Å². The topological polar surface area (TPSA) is 27.0 Å². The summed E-state index contributed by atoms with van der Waals surface area (Å²) in [7, 11) is 0. The van der Waals surface area contributed by atoms with Gasteiger partial charge >= 0.3 is 0 Å². The molecule has 1 fully saturated rings. The molecule has 1 rings (SSSR count). The highest BCUT2D eigenvalue weighted by Crippen LogP contribution is 2.23. The lowest BCUT2D eigenvalue weighted by atomic mass is 10.0. The molecule has 0 aromatic rings. The van der Waals surface area contributed by atoms with Crippen LogP contribution in [0.2, 0.25) is 0 Å². The van der Waals surface area contributed by atoms with E-state index in [1.807, 2.05) is 0 Å². The molecule has 0 aliphatic carbocycles. The van der Waals surface area contributed by atoms with Crippen LogP contribution in [0.25, 0.3) is 0 Å². The van der Waals surface area contributed by atoms with E-state index in [0.29, 0.717) is 6.04 Å². The molecule has 0 bridgehead atoms. The zero-order chi connectivity index (χ0) is 8.97. The molecule has 1 heterocycles. The maximum Gasteiger partial charge on any atom is 0.0672 e. The summed E-state index contributed by atoms with van der Waals surface area (Å²) in [6, 6.07) is 2.87. The molecule has 2 atom stereocenters. The standard InChI is InChI=1S/C10H18N2/c1-3-4-6-12-7-5-10(8-11)9(12)2/h9-10H,3-7H2,1-2H3. The molecular weight excluding hydrogens is 148 g/mol. The number of likely N-dealkylation sites (tertiary alicyclic amines) is 1. The number of nitriles is 1. The van der Waals surface area contributed by atoms with Gasteiger partial charge in [0.05, 0.1) is 12.0 Å². The summed E-state index contributed by atoms with van der Waals surface area (Å²) >= 11 is 0. The molecule has 0 spiro atoms. The maximum absolute atomic E-state index is 8.80. The van der Waals surface area contributed by atoms with E-state index in [1.54, 1.807) is 0 Å². The Morgan fingerprint density at radius 1 is 1.58 bits per heavy atom. The SMILES string of the molecule is CCCCN1CCC(C#N)C1C. The number of hydrogen-bond acceptors (Lipinski definition) is 2. The third kappa shape index (κ3) is 1.98. The van der Waals surface area contributed by atoms with E-state index in [2.05, 4.69) is 24.8 Å². The van der Waals surface area contributed by atoms with Crippen LogP contribution in [-0.4, -0.2) is 24.0 Å². The molecule has 0 aromatic carbocycles. The summed E-state index contributed by atoms with van der Waals surface area (Å²) < 4.78 is 0. The van der Waals surface area contributed by atoms with Crippen molar-refractivity contribution in [2.45, 2.75) is 39.2 Å². The van der Waals surface area contributed by atoms with Gasteiger partial charge in [-0.25, -0.2) is 0 Å². The average molecular weight is 166 g/mol. The predicted octanol–water partition coefficient (Wildman–Crippen LogP) is 2.02. The van der Waals surface area contributed by atoms with Gasteiger partial charge < -0.3 is 0 Å². The van der Waals surface area contributed by atoms with E-state index in [4.69, 9.17) is 5.26 Å². The van der Waals surface area contributed by atoms with Crippen LogP contribution >= 0.6 is 0 Å². The van der Waals surface area contributed by atoms with E-state index in [-0.39, 0.29) is 5.92 Å². The summed E-state index contributed by atoms with van der Waals surface area (Å²) in [6.45, 7) is 6.69. The van der Waals surface area contributed by atoms with Crippen molar-refractivity contribution in [2.24, 2.45) is 5.92 Å². The van der Waals surface area contributed by atoms with Gasteiger partial charge in [-0.05, 0) is 32.9 Å². The fraction of sp³-hybridized carbons (Fsp3) is 0.900. The summed E-state index contributed by atoms with van der Waals surface area (Å²) in [5.41, 5.74) is 0. The van der Waals surface area contributed by atoms with E-state index < -0.39 is 0 Å². The number of hydrogen-bond donors (Lipinski definition) is 0. The van der Waals surface area contributed by atoms with Crippen molar-refractivity contribution >= 4 is 0 Å². The summed E-state index contributed by atoms with van der Waals surface area (Å²) in [5, 5.41) is 8.80. The monoisotopic (exact) mass is 166 g/mol. The minimum atomic E-state index is 0.279. The van der Waals surface area contributed by atoms with Crippen molar-refractivity contribution in [1.82, 2.24) is 4.90 Å². The number of nitrogens with zero attached hydrogens (tertiary/aromatic N) is 2. The van der Waals surface area contributed by atoms with Crippen LogP contribution in [0.1, 0.15) is 33.1 Å². The Kier molecular flexibility index (Phi) is 3.55. The fourth-order valence-corrected chi connectivity index (χ4v) is 1.85. The fourth-order valence-electron chi connectivity index (χ4n) is 1.85. The number of rotatable bonds is 3. The Morgan fingerprint density at radius 3 is 2.83 bits per heavy atom. The first-order valence-corrected chi connectivity index (χ1v) is 4.93. The number of unbranched alkanes of at least 4 members (excludes halogenated alkanes) is 1. The summed E-state index contributed by atoms with van der Waals surface area (Å²) in [5.74, 6) is 0.279. The minimum absolute atomic E-state index is 0.279. The Hall–Kier alpha value is -0.550. The predicted molar refractivity (Wildman–Crippen MR) is 49.7 cm³/mol. The summed E-state index contributed by atoms with van der Waals surface area (Å²) in [4.78, 5) is 2.44. The second-order valence-corrected chi connectivity index (χ2v) is 3.65. The molecular formula is C10H18N2. The van der Waals surface area contributed by atoms with Crippen LogP contribution in [-0.2, 0) is 0 Å². The Morgan fingerprint density at radius 2 is 2.33 bits per heavy atom. The second kappa shape index (κ2) is 4.47. The van der Waals surface area contributed by atoms with E-state index in [0.717, 1.165) is 13.0 Å². The van der Waals surface area contributed by atoms with Crippen LogP contribution in [0.4, 0.5) is 0 Å². The summed E-state index contributed by atoms with van der Waals surface area (Å²) in [6.07, 6.45) is 3.59. The lowest BCUT2D eigenvalue weighted by Gasteiger charge is -2.21. The third-order valence-corrected chi connectivity index (χ3v) is 2.85. The first-order valence-electron chi connectivity index (χ1n) is 4.93. The molecule has 1 aliphatic rings. The van der Waals surface area contributed by atoms with Gasteiger partial charge in [-0.3, -0.25) is 4.90 Å². The van der Waals surface area contributed by atoms with Crippen molar-refractivity contribution in [3.63, 3.8) is 0 Å². The van der Waals surface area contributed by atoms with Gasteiger partial charge in [0.1, 0.15) is 0 Å². The molecule has 2 heteroatoms. The van der Waals surface area contributed by atoms with Gasteiger partial charge in [-0.2, -0.15) is 5.26 Å². The minimum Gasteiger partial charge on any atom is -0.299 e. The van der Waals surface area contributed by atoms with Crippen LogP contribution in [0, 0.1) is 17.2 Å². The Bertz CT molecular complexity index is 171. The molecule has 0 saturated carbocycles. The molecule has 0 radical (unpaired) electrons. The molecule has 1 saturated heterocycles. The van der Waals surface area contributed by atoms with Crippen LogP contribution < -0.4 is 0 Å². The second-order valence-electron chi connectivity index (χ2n) is 3.65. The highest BCUT2D eigenvalue weighted by Gasteiger charge is 2.29. The molecule has 12 heavy (non-hydrogen) atoms. The smallest absolute Gasteiger partial charge is 0.0672 e.